The minimum absolute atomic E-state index is 0.0285. The van der Waals surface area contributed by atoms with E-state index < -0.39 is 0 Å². The van der Waals surface area contributed by atoms with E-state index in [1.807, 2.05) is 18.2 Å². The third-order valence-electron chi connectivity index (χ3n) is 2.86. The van der Waals surface area contributed by atoms with Crippen LogP contribution in [-0.2, 0) is 9.59 Å². The summed E-state index contributed by atoms with van der Waals surface area (Å²) in [5, 5.41) is 0. The molecule has 0 bridgehead atoms. The molecule has 94 valence electrons. The first kappa shape index (κ1) is 12.3. The molecule has 2 rings (SSSR count). The summed E-state index contributed by atoms with van der Waals surface area (Å²) in [6, 6.07) is 5.57. The van der Waals surface area contributed by atoms with Crippen LogP contribution in [0.5, 0.6) is 0 Å². The molecule has 1 aromatic carbocycles. The van der Waals surface area contributed by atoms with E-state index in [1.54, 1.807) is 18.3 Å². The predicted octanol–water partition coefficient (Wildman–Crippen LogP) is 1.89. The fourth-order valence-corrected chi connectivity index (χ4v) is 1.73. The lowest BCUT2D eigenvalue weighted by molar-refractivity contribution is -0.122. The van der Waals surface area contributed by atoms with Gasteiger partial charge >= 0.3 is 0 Å². The Morgan fingerprint density at radius 1 is 1.33 bits per heavy atom. The third-order valence-corrected chi connectivity index (χ3v) is 2.86. The number of rotatable bonds is 4. The van der Waals surface area contributed by atoms with Gasteiger partial charge in [0.1, 0.15) is 5.78 Å². The van der Waals surface area contributed by atoms with Crippen molar-refractivity contribution < 1.29 is 9.59 Å². The van der Waals surface area contributed by atoms with Crippen molar-refractivity contribution in [1.82, 2.24) is 9.97 Å². The highest BCUT2D eigenvalue weighted by Gasteiger charge is 2.12. The molecule has 1 amide bonds. The molecule has 5 nitrogen and oxygen atoms in total. The molecule has 5 heteroatoms. The summed E-state index contributed by atoms with van der Waals surface area (Å²) in [4.78, 5) is 31.4. The highest BCUT2D eigenvalue weighted by atomic mass is 16.2. The molecule has 0 aliphatic heterocycles. The number of hydrogen-bond donors (Lipinski definition) is 1. The van der Waals surface area contributed by atoms with E-state index in [2.05, 4.69) is 9.97 Å². The number of carbonyl (C=O) groups is 2. The van der Waals surface area contributed by atoms with Crippen LogP contribution in [0.15, 0.2) is 24.5 Å². The molecule has 1 N–H and O–H groups in total. The monoisotopic (exact) mass is 245 g/mol. The summed E-state index contributed by atoms with van der Waals surface area (Å²) < 4.78 is 0. The van der Waals surface area contributed by atoms with Gasteiger partial charge in [0.15, 0.2) is 0 Å². The van der Waals surface area contributed by atoms with E-state index in [1.165, 1.54) is 6.92 Å². The molecule has 0 spiro atoms. The lowest BCUT2D eigenvalue weighted by Crippen LogP contribution is -2.26. The Labute approximate surface area is 105 Å². The van der Waals surface area contributed by atoms with Crippen LogP contribution in [0.1, 0.15) is 19.8 Å². The van der Waals surface area contributed by atoms with Gasteiger partial charge in [-0.2, -0.15) is 0 Å². The second kappa shape index (κ2) is 5.00. The summed E-state index contributed by atoms with van der Waals surface area (Å²) in [6.45, 7) is 1.49. The van der Waals surface area contributed by atoms with Crippen molar-refractivity contribution >= 4 is 28.4 Å². The fraction of sp³-hybridized carbons (Fsp3) is 0.308. The van der Waals surface area contributed by atoms with Crippen molar-refractivity contribution in [3.63, 3.8) is 0 Å². The number of benzene rings is 1. The zero-order chi connectivity index (χ0) is 13.1. The predicted molar refractivity (Wildman–Crippen MR) is 69.4 cm³/mol. The number of fused-ring (bicyclic) bond motifs is 1. The van der Waals surface area contributed by atoms with E-state index in [9.17, 15) is 9.59 Å². The largest absolute Gasteiger partial charge is 0.345 e. The van der Waals surface area contributed by atoms with E-state index in [4.69, 9.17) is 0 Å². The van der Waals surface area contributed by atoms with Crippen molar-refractivity contribution in [2.45, 2.75) is 19.8 Å². The number of hydrogen-bond acceptors (Lipinski definition) is 3. The lowest BCUT2D eigenvalue weighted by Gasteiger charge is -2.17. The summed E-state index contributed by atoms with van der Waals surface area (Å²) in [6.07, 6.45) is 2.15. The number of nitrogens with zero attached hydrogens (tertiary/aromatic N) is 2. The third kappa shape index (κ3) is 2.56. The summed E-state index contributed by atoms with van der Waals surface area (Å²) in [5.41, 5.74) is 2.54. The SMILES string of the molecule is CC(=O)CCC(=O)N(C)c1ccc2nc[nH]c2c1. The van der Waals surface area contributed by atoms with E-state index >= 15 is 0 Å². The molecule has 0 atom stereocenters. The van der Waals surface area contributed by atoms with Gasteiger partial charge in [-0.15, -0.1) is 0 Å². The molecule has 0 aliphatic carbocycles. The summed E-state index contributed by atoms with van der Waals surface area (Å²) in [5.74, 6) is -0.0372. The van der Waals surface area contributed by atoms with Gasteiger partial charge in [0.2, 0.25) is 5.91 Å². The van der Waals surface area contributed by atoms with Crippen molar-refractivity contribution in [2.24, 2.45) is 0 Å². The van der Waals surface area contributed by atoms with Crippen LogP contribution in [0.4, 0.5) is 5.69 Å². The van der Waals surface area contributed by atoms with Gasteiger partial charge in [0.05, 0.1) is 17.4 Å². The fourth-order valence-electron chi connectivity index (χ4n) is 1.73. The van der Waals surface area contributed by atoms with Crippen LogP contribution < -0.4 is 4.90 Å². The van der Waals surface area contributed by atoms with Gasteiger partial charge in [-0.05, 0) is 25.1 Å². The Morgan fingerprint density at radius 3 is 2.83 bits per heavy atom. The van der Waals surface area contributed by atoms with Crippen molar-refractivity contribution in [1.29, 1.82) is 0 Å². The molecule has 0 saturated heterocycles. The summed E-state index contributed by atoms with van der Waals surface area (Å²) in [7, 11) is 1.71. The smallest absolute Gasteiger partial charge is 0.227 e. The molecule has 2 aromatic rings. The van der Waals surface area contributed by atoms with Crippen LogP contribution in [0.3, 0.4) is 0 Å². The Bertz CT molecular complexity index is 589. The van der Waals surface area contributed by atoms with Gasteiger partial charge in [-0.1, -0.05) is 0 Å². The molecule has 18 heavy (non-hydrogen) atoms. The number of Topliss-reactive ketones (excluding diaryl/α,β-unsaturated/α-hetero) is 1. The average molecular weight is 245 g/mol. The topological polar surface area (TPSA) is 66.1 Å². The van der Waals surface area contributed by atoms with Crippen LogP contribution in [0, 0.1) is 0 Å². The molecule has 0 radical (unpaired) electrons. The normalized spacial score (nSPS) is 10.6. The number of imidazole rings is 1. The average Bonchev–Trinajstić information content (AvgIpc) is 2.81. The number of anilines is 1. The highest BCUT2D eigenvalue weighted by molar-refractivity contribution is 5.96. The maximum absolute atomic E-state index is 11.9. The molecular weight excluding hydrogens is 230 g/mol. The number of carbonyl (C=O) groups excluding carboxylic acids is 2. The van der Waals surface area contributed by atoms with Gasteiger partial charge in [0.25, 0.3) is 0 Å². The molecule has 0 saturated carbocycles. The van der Waals surface area contributed by atoms with Crippen LogP contribution >= 0.6 is 0 Å². The van der Waals surface area contributed by atoms with Gasteiger partial charge in [-0.3, -0.25) is 4.79 Å². The van der Waals surface area contributed by atoms with Gasteiger partial charge in [-0.25, -0.2) is 4.98 Å². The van der Waals surface area contributed by atoms with Crippen LogP contribution in [0.25, 0.3) is 11.0 Å². The number of nitrogens with one attached hydrogen (secondary N) is 1. The Balaban J connectivity index is 2.14. The number of aromatic nitrogens is 2. The molecule has 0 unspecified atom stereocenters. The first-order chi connectivity index (χ1) is 8.58. The number of aromatic amines is 1. The summed E-state index contributed by atoms with van der Waals surface area (Å²) >= 11 is 0. The van der Waals surface area contributed by atoms with Gasteiger partial charge < -0.3 is 14.7 Å². The molecule has 0 aliphatic rings. The first-order valence-electron chi connectivity index (χ1n) is 5.77. The Hall–Kier alpha value is -2.17. The number of ketones is 1. The minimum Gasteiger partial charge on any atom is -0.345 e. The zero-order valence-electron chi connectivity index (χ0n) is 10.4. The molecule has 1 heterocycles. The quantitative estimate of drug-likeness (QED) is 0.894. The Morgan fingerprint density at radius 2 is 2.11 bits per heavy atom. The maximum atomic E-state index is 11.9. The van der Waals surface area contributed by atoms with Crippen molar-refractivity contribution in [3.8, 4) is 0 Å². The highest BCUT2D eigenvalue weighted by Crippen LogP contribution is 2.19. The number of amides is 1. The zero-order valence-corrected chi connectivity index (χ0v) is 10.4. The maximum Gasteiger partial charge on any atom is 0.227 e. The van der Waals surface area contributed by atoms with Gasteiger partial charge in [0, 0.05) is 25.6 Å². The van der Waals surface area contributed by atoms with Crippen molar-refractivity contribution in [3.05, 3.63) is 24.5 Å². The van der Waals surface area contributed by atoms with E-state index in [-0.39, 0.29) is 24.5 Å². The van der Waals surface area contributed by atoms with E-state index in [0.717, 1.165) is 16.7 Å². The second-order valence-corrected chi connectivity index (χ2v) is 4.26. The second-order valence-electron chi connectivity index (χ2n) is 4.26. The van der Waals surface area contributed by atoms with Crippen LogP contribution in [-0.4, -0.2) is 28.7 Å². The molecular formula is C13H15N3O2. The standard InChI is InChI=1S/C13H15N3O2/c1-9(17)3-6-13(18)16(2)10-4-5-11-12(7-10)15-8-14-11/h4-5,7-8H,3,6H2,1-2H3,(H,14,15). The van der Waals surface area contributed by atoms with Crippen molar-refractivity contribution in [2.75, 3.05) is 11.9 Å². The van der Waals surface area contributed by atoms with E-state index in [0.29, 0.717) is 0 Å². The molecule has 1 aromatic heterocycles. The number of H-pyrrole nitrogens is 1. The van der Waals surface area contributed by atoms with Crippen LogP contribution in [0.2, 0.25) is 0 Å². The Kier molecular flexibility index (Phi) is 3.41. The first-order valence-corrected chi connectivity index (χ1v) is 5.77. The minimum atomic E-state index is -0.0657. The lowest BCUT2D eigenvalue weighted by atomic mass is 10.2. The molecule has 0 fully saturated rings.